The maximum atomic E-state index is 8.60. The van der Waals surface area contributed by atoms with E-state index in [9.17, 15) is 0 Å². The van der Waals surface area contributed by atoms with Crippen molar-refractivity contribution in [3.05, 3.63) is 0 Å². The van der Waals surface area contributed by atoms with Gasteiger partial charge in [0.25, 0.3) is 0 Å². The molecule has 0 amide bonds. The third-order valence-corrected chi connectivity index (χ3v) is 0. The number of hydrogen-bond donors (Lipinski definition) is 1. The van der Waals surface area contributed by atoms with Crippen LogP contribution in [0.5, 0.6) is 0 Å². The van der Waals surface area contributed by atoms with Crippen LogP contribution in [-0.4, -0.2) is 56.0 Å². The van der Waals surface area contributed by atoms with Crippen LogP contribution in [0.4, 0.5) is 0 Å². The Morgan fingerprint density at radius 2 is 1.14 bits per heavy atom. The molecule has 0 atom stereocenters. The first-order valence-corrected chi connectivity index (χ1v) is 1.90. The zero-order valence-corrected chi connectivity index (χ0v) is 6.48. The first-order chi connectivity index (χ1) is 2.00. The molecule has 0 spiro atoms. The van der Waals surface area contributed by atoms with Gasteiger partial charge in [0, 0.05) is 19.5 Å². The third-order valence-electron chi connectivity index (χ3n) is 0. The fourth-order valence-electron chi connectivity index (χ4n) is 0. The molecule has 7 heavy (non-hydrogen) atoms. The molecule has 1 N–H and O–H groups in total. The van der Waals surface area contributed by atoms with Gasteiger partial charge in [0.15, 0.2) is 0 Å². The Labute approximate surface area is 97.8 Å². The minimum atomic E-state index is -4.69. The molecule has 4 nitrogen and oxygen atoms in total. The fraction of sp³-hybridized carbons (Fsp3) is 0. The van der Waals surface area contributed by atoms with Crippen LogP contribution in [0.15, 0.2) is 0 Å². The second-order valence-electron chi connectivity index (χ2n) is 0.396. The van der Waals surface area contributed by atoms with Crippen molar-refractivity contribution in [3.63, 3.8) is 0 Å². The van der Waals surface area contributed by atoms with Gasteiger partial charge >= 0.3 is 51.4 Å². The summed E-state index contributed by atoms with van der Waals surface area (Å²) >= 11 is 0. The maximum absolute atomic E-state index is 8.60. The van der Waals surface area contributed by atoms with Crippen LogP contribution in [0, 0.1) is 10.2 Å². The average Bonchev–Trinajstić information content (AvgIpc) is 0.722. The Bertz CT molecular complexity index is 27.2. The molecule has 0 aliphatic rings. The average molecular weight is 206 g/mol. The smallest absolute Gasteiger partial charge is 0.0777 e. The van der Waals surface area contributed by atoms with Gasteiger partial charge in [0.1, 0.15) is 0 Å². The van der Waals surface area contributed by atoms with E-state index in [1.807, 2.05) is 0 Å². The van der Waals surface area contributed by atoms with Gasteiger partial charge in [-0.3, -0.25) is 0 Å². The predicted octanol–water partition coefficient (Wildman–Crippen LogP) is -4.77. The molecule has 0 saturated heterocycles. The van der Waals surface area contributed by atoms with Crippen molar-refractivity contribution in [1.29, 1.82) is 0 Å². The second-order valence-corrected chi connectivity index (χ2v) is 1.19. The molecule has 0 rings (SSSR count). The van der Waals surface area contributed by atoms with Crippen LogP contribution in [0.25, 0.3) is 0 Å². The zero-order valence-electron chi connectivity index (χ0n) is 2.76. The van der Waals surface area contributed by atoms with E-state index in [0.29, 0.717) is 0 Å². The molecule has 0 aromatic carbocycles. The molecule has 36 valence electrons. The van der Waals surface area contributed by atoms with Crippen LogP contribution in [0.3, 0.4) is 0 Å². The summed E-state index contributed by atoms with van der Waals surface area (Å²) in [7, 11) is -4.69. The van der Waals surface area contributed by atoms with Gasteiger partial charge in [0.2, 0.25) is 0 Å². The standard InChI is InChI=1S/ClHO4.K.Zn.H/c2-1(3,4)5;;;/h(H,2,3,4,5);;;. The third kappa shape index (κ3) is 60.0. The molecule has 0 fully saturated rings. The van der Waals surface area contributed by atoms with Crippen LogP contribution in [0.2, 0.25) is 0 Å². The van der Waals surface area contributed by atoms with E-state index >= 15 is 0 Å². The monoisotopic (exact) mass is 204 g/mol. The van der Waals surface area contributed by atoms with Crippen molar-refractivity contribution in [2.75, 3.05) is 0 Å². The normalized spacial score (nSPS) is 8.57. The van der Waals surface area contributed by atoms with Gasteiger partial charge in [-0.15, -0.1) is 0 Å². The van der Waals surface area contributed by atoms with Gasteiger partial charge < -0.3 is 0 Å². The van der Waals surface area contributed by atoms with Gasteiger partial charge in [0.05, 0.1) is 14.9 Å². The van der Waals surface area contributed by atoms with E-state index in [2.05, 4.69) is 0 Å². The minimum Gasteiger partial charge on any atom is -0.183 e. The molecule has 0 aromatic rings. The SMILES string of the molecule is [KH].[O-][Cl+3]([O-])([O-])O.[Zn]. The summed E-state index contributed by atoms with van der Waals surface area (Å²) in [5, 5.41) is 0. The van der Waals surface area contributed by atoms with Gasteiger partial charge in [-0.2, -0.15) is 14.0 Å². The topological polar surface area (TPSA) is 89.4 Å². The van der Waals surface area contributed by atoms with E-state index in [1.165, 1.54) is 0 Å². The van der Waals surface area contributed by atoms with Crippen molar-refractivity contribution in [3.8, 4) is 0 Å². The predicted molar refractivity (Wildman–Crippen MR) is 9.37 cm³/mol. The molecule has 0 unspecified atom stereocenters. The molecule has 0 bridgehead atoms. The summed E-state index contributed by atoms with van der Waals surface area (Å²) in [4.78, 5) is 0. The van der Waals surface area contributed by atoms with Crippen LogP contribution < -0.4 is 14.0 Å². The zero-order chi connectivity index (χ0) is 4.50. The van der Waals surface area contributed by atoms with Crippen LogP contribution in [0.1, 0.15) is 0 Å². The Balaban J connectivity index is -0.0000000800. The van der Waals surface area contributed by atoms with Crippen LogP contribution >= 0.6 is 0 Å². The summed E-state index contributed by atoms with van der Waals surface area (Å²) in [6.45, 7) is 0. The van der Waals surface area contributed by atoms with Crippen molar-refractivity contribution in [1.82, 2.24) is 0 Å². The van der Waals surface area contributed by atoms with Crippen molar-refractivity contribution in [2.24, 2.45) is 0 Å². The number of halogens is 1. The number of rotatable bonds is 0. The summed E-state index contributed by atoms with van der Waals surface area (Å²) in [6, 6.07) is 0. The molecule has 7 heteroatoms. The largest absolute Gasteiger partial charge is 0.183 e. The molecule has 0 aliphatic carbocycles. The van der Waals surface area contributed by atoms with Crippen molar-refractivity contribution < 1.29 is 48.4 Å². The Morgan fingerprint density at radius 1 is 1.14 bits per heavy atom. The van der Waals surface area contributed by atoms with E-state index in [-0.39, 0.29) is 70.9 Å². The van der Waals surface area contributed by atoms with Crippen LogP contribution in [-0.2, 0) is 19.5 Å². The van der Waals surface area contributed by atoms with Crippen molar-refractivity contribution >= 4 is 51.4 Å². The summed E-state index contributed by atoms with van der Waals surface area (Å²) in [6.07, 6.45) is 0. The fourth-order valence-corrected chi connectivity index (χ4v) is 0. The minimum absolute atomic E-state index is 0. The molecule has 0 radical (unpaired) electrons. The molecule has 0 heterocycles. The Kier molecular flexibility index (Phi) is 15.1. The maximum Gasteiger partial charge on any atom is 0.0777 e. The van der Waals surface area contributed by atoms with E-state index in [1.54, 1.807) is 0 Å². The molecular weight excluding hydrogens is 204 g/mol. The first-order valence-electron chi connectivity index (χ1n) is 0.632. The van der Waals surface area contributed by atoms with Gasteiger partial charge in [-0.1, -0.05) is 0 Å². The number of hydrogen-bond acceptors (Lipinski definition) is 4. The quantitative estimate of drug-likeness (QED) is 0.403. The molecule has 0 aliphatic heterocycles. The van der Waals surface area contributed by atoms with E-state index < -0.39 is 10.2 Å². The molecule has 0 aromatic heterocycles. The molecule has 0 saturated carbocycles. The molecular formula is H2ClKO4Zn. The van der Waals surface area contributed by atoms with Gasteiger partial charge in [-0.05, 0) is 0 Å². The Morgan fingerprint density at radius 3 is 1.14 bits per heavy atom. The summed E-state index contributed by atoms with van der Waals surface area (Å²) in [5.41, 5.74) is 0. The van der Waals surface area contributed by atoms with E-state index in [0.717, 1.165) is 0 Å². The summed E-state index contributed by atoms with van der Waals surface area (Å²) in [5.74, 6) is 0. The van der Waals surface area contributed by atoms with Gasteiger partial charge in [-0.25, -0.2) is 0 Å². The second kappa shape index (κ2) is 6.51. The Hall–Kier alpha value is 2.39. The van der Waals surface area contributed by atoms with E-state index in [4.69, 9.17) is 18.6 Å². The summed E-state index contributed by atoms with van der Waals surface area (Å²) < 4.78 is 32.7. The van der Waals surface area contributed by atoms with Crippen molar-refractivity contribution in [2.45, 2.75) is 0 Å². The first kappa shape index (κ1) is 16.2.